The molecule has 2 amide bonds. The number of aliphatic hydroxyl groups is 1. The van der Waals surface area contributed by atoms with E-state index in [0.29, 0.717) is 0 Å². The zero-order valence-electron chi connectivity index (χ0n) is 13.2. The van der Waals surface area contributed by atoms with Crippen LogP contribution in [0.3, 0.4) is 0 Å². The van der Waals surface area contributed by atoms with E-state index >= 15 is 0 Å². The maximum absolute atomic E-state index is 12.1. The highest BCUT2D eigenvalue weighted by Crippen LogP contribution is 2.16. The predicted octanol–water partition coefficient (Wildman–Crippen LogP) is 1.72. The SMILES string of the molecule is Cc1ccc(CCC(C)NC(=O)C2=C(O)C(=O)N(C)C2)cc1. The zero-order valence-corrected chi connectivity index (χ0v) is 13.2. The molecule has 22 heavy (non-hydrogen) atoms. The Balaban J connectivity index is 1.87. The fourth-order valence-electron chi connectivity index (χ4n) is 2.39. The molecule has 1 unspecified atom stereocenters. The van der Waals surface area contributed by atoms with Crippen LogP contribution in [0.5, 0.6) is 0 Å². The number of nitrogens with one attached hydrogen (secondary N) is 1. The van der Waals surface area contributed by atoms with Crippen LogP contribution in [0.1, 0.15) is 24.5 Å². The smallest absolute Gasteiger partial charge is 0.289 e. The van der Waals surface area contributed by atoms with Crippen LogP contribution in [-0.2, 0) is 16.0 Å². The summed E-state index contributed by atoms with van der Waals surface area (Å²) in [6, 6.07) is 8.28. The van der Waals surface area contributed by atoms with E-state index in [1.54, 1.807) is 7.05 Å². The molecule has 1 aromatic rings. The van der Waals surface area contributed by atoms with Crippen molar-refractivity contribution in [2.75, 3.05) is 13.6 Å². The van der Waals surface area contributed by atoms with Gasteiger partial charge in [0, 0.05) is 13.1 Å². The summed E-state index contributed by atoms with van der Waals surface area (Å²) in [4.78, 5) is 24.9. The summed E-state index contributed by atoms with van der Waals surface area (Å²) in [6.07, 6.45) is 1.66. The fourth-order valence-corrected chi connectivity index (χ4v) is 2.39. The van der Waals surface area contributed by atoms with Crippen molar-refractivity contribution in [1.82, 2.24) is 10.2 Å². The predicted molar refractivity (Wildman–Crippen MR) is 84.4 cm³/mol. The third-order valence-electron chi connectivity index (χ3n) is 3.87. The lowest BCUT2D eigenvalue weighted by atomic mass is 10.0. The highest BCUT2D eigenvalue weighted by Gasteiger charge is 2.31. The summed E-state index contributed by atoms with van der Waals surface area (Å²) in [5.74, 6) is -1.31. The quantitative estimate of drug-likeness (QED) is 0.870. The average Bonchev–Trinajstić information content (AvgIpc) is 2.74. The minimum Gasteiger partial charge on any atom is -0.503 e. The maximum atomic E-state index is 12.1. The molecule has 0 saturated heterocycles. The normalized spacial score (nSPS) is 16.1. The van der Waals surface area contributed by atoms with Crippen molar-refractivity contribution >= 4 is 11.8 Å². The lowest BCUT2D eigenvalue weighted by Crippen LogP contribution is -2.35. The second-order valence-electron chi connectivity index (χ2n) is 5.89. The fraction of sp³-hybridized carbons (Fsp3) is 0.412. The van der Waals surface area contributed by atoms with Gasteiger partial charge in [0.05, 0.1) is 12.1 Å². The molecular weight excluding hydrogens is 280 g/mol. The van der Waals surface area contributed by atoms with Gasteiger partial charge in [0.15, 0.2) is 5.76 Å². The van der Waals surface area contributed by atoms with E-state index in [0.717, 1.165) is 12.8 Å². The number of hydrogen-bond donors (Lipinski definition) is 2. The number of nitrogens with zero attached hydrogens (tertiary/aromatic N) is 1. The second-order valence-corrected chi connectivity index (χ2v) is 5.89. The Hall–Kier alpha value is -2.30. The van der Waals surface area contributed by atoms with Gasteiger partial charge in [-0.1, -0.05) is 29.8 Å². The molecule has 0 saturated carbocycles. The molecule has 5 nitrogen and oxygen atoms in total. The minimum atomic E-state index is -0.502. The van der Waals surface area contributed by atoms with Gasteiger partial charge in [-0.15, -0.1) is 0 Å². The number of rotatable bonds is 5. The highest BCUT2D eigenvalue weighted by molar-refractivity contribution is 6.06. The minimum absolute atomic E-state index is 0.0323. The van der Waals surface area contributed by atoms with Crippen molar-refractivity contribution in [1.29, 1.82) is 0 Å². The molecule has 1 aliphatic rings. The first-order valence-electron chi connectivity index (χ1n) is 7.42. The van der Waals surface area contributed by atoms with Gasteiger partial charge in [-0.05, 0) is 32.3 Å². The van der Waals surface area contributed by atoms with Gasteiger partial charge in [-0.25, -0.2) is 0 Å². The number of hydrogen-bond acceptors (Lipinski definition) is 3. The van der Waals surface area contributed by atoms with Gasteiger partial charge in [0.1, 0.15) is 0 Å². The van der Waals surface area contributed by atoms with E-state index in [2.05, 4.69) is 29.6 Å². The van der Waals surface area contributed by atoms with Crippen LogP contribution < -0.4 is 5.32 Å². The highest BCUT2D eigenvalue weighted by atomic mass is 16.3. The van der Waals surface area contributed by atoms with Crippen LogP contribution in [0.4, 0.5) is 0 Å². The summed E-state index contributed by atoms with van der Waals surface area (Å²) < 4.78 is 0. The summed E-state index contributed by atoms with van der Waals surface area (Å²) >= 11 is 0. The number of benzene rings is 1. The van der Waals surface area contributed by atoms with Crippen LogP contribution in [0.2, 0.25) is 0 Å². The van der Waals surface area contributed by atoms with E-state index < -0.39 is 11.7 Å². The monoisotopic (exact) mass is 302 g/mol. The van der Waals surface area contributed by atoms with Gasteiger partial charge in [-0.3, -0.25) is 9.59 Å². The first kappa shape index (κ1) is 16.1. The Kier molecular flexibility index (Phi) is 4.85. The summed E-state index contributed by atoms with van der Waals surface area (Å²) in [6.45, 7) is 4.12. The topological polar surface area (TPSA) is 69.6 Å². The molecule has 1 atom stereocenters. The number of carbonyl (C=O) groups is 2. The standard InChI is InChI=1S/C17H22N2O3/c1-11-4-7-13(8-5-11)9-6-12(2)18-16(21)14-10-19(3)17(22)15(14)20/h4-5,7-8,12,20H,6,9-10H2,1-3H3,(H,18,21). The molecule has 118 valence electrons. The molecule has 0 aliphatic carbocycles. The molecule has 0 aromatic heterocycles. The maximum Gasteiger partial charge on any atom is 0.289 e. The molecule has 0 bridgehead atoms. The van der Waals surface area contributed by atoms with Crippen LogP contribution in [-0.4, -0.2) is 41.5 Å². The third-order valence-corrected chi connectivity index (χ3v) is 3.87. The van der Waals surface area contributed by atoms with Crippen molar-refractivity contribution in [3.63, 3.8) is 0 Å². The summed E-state index contributed by atoms with van der Waals surface area (Å²) in [5.41, 5.74) is 2.60. The van der Waals surface area contributed by atoms with Crippen molar-refractivity contribution in [3.05, 3.63) is 46.7 Å². The van der Waals surface area contributed by atoms with Crippen molar-refractivity contribution in [2.45, 2.75) is 32.7 Å². The number of carbonyl (C=O) groups excluding carboxylic acids is 2. The van der Waals surface area contributed by atoms with Gasteiger partial charge in [-0.2, -0.15) is 0 Å². The lowest BCUT2D eigenvalue weighted by Gasteiger charge is -2.15. The van der Waals surface area contributed by atoms with Crippen LogP contribution in [0, 0.1) is 6.92 Å². The molecular formula is C17H22N2O3. The van der Waals surface area contributed by atoms with E-state index in [1.807, 2.05) is 13.8 Å². The molecule has 1 aromatic carbocycles. The average molecular weight is 302 g/mol. The molecule has 1 heterocycles. The molecule has 0 fully saturated rings. The Bertz CT molecular complexity index is 605. The largest absolute Gasteiger partial charge is 0.503 e. The van der Waals surface area contributed by atoms with E-state index in [1.165, 1.54) is 16.0 Å². The Morgan fingerprint density at radius 2 is 2.00 bits per heavy atom. The Labute approximate surface area is 130 Å². The van der Waals surface area contributed by atoms with E-state index in [-0.39, 0.29) is 24.1 Å². The molecule has 5 heteroatoms. The molecule has 2 N–H and O–H groups in total. The van der Waals surface area contributed by atoms with Crippen LogP contribution in [0.15, 0.2) is 35.6 Å². The third kappa shape index (κ3) is 3.67. The van der Waals surface area contributed by atoms with Crippen LogP contribution in [0.25, 0.3) is 0 Å². The van der Waals surface area contributed by atoms with Crippen molar-refractivity contribution in [3.8, 4) is 0 Å². The number of aryl methyl sites for hydroxylation is 2. The number of aliphatic hydroxyl groups excluding tert-OH is 1. The molecule has 0 radical (unpaired) electrons. The summed E-state index contributed by atoms with van der Waals surface area (Å²) in [7, 11) is 1.56. The van der Waals surface area contributed by atoms with Gasteiger partial charge < -0.3 is 15.3 Å². The van der Waals surface area contributed by atoms with Crippen LogP contribution >= 0.6 is 0 Å². The van der Waals surface area contributed by atoms with E-state index in [4.69, 9.17) is 0 Å². The molecule has 1 aliphatic heterocycles. The van der Waals surface area contributed by atoms with Gasteiger partial charge >= 0.3 is 0 Å². The Morgan fingerprint density at radius 3 is 2.55 bits per heavy atom. The number of likely N-dealkylation sites (N-methyl/N-ethyl adjacent to an activating group) is 1. The second kappa shape index (κ2) is 6.64. The number of amides is 2. The van der Waals surface area contributed by atoms with Crippen molar-refractivity contribution < 1.29 is 14.7 Å². The van der Waals surface area contributed by atoms with E-state index in [9.17, 15) is 14.7 Å². The van der Waals surface area contributed by atoms with Gasteiger partial charge in [0.25, 0.3) is 11.8 Å². The summed E-state index contributed by atoms with van der Waals surface area (Å²) in [5, 5.41) is 12.5. The lowest BCUT2D eigenvalue weighted by molar-refractivity contribution is -0.126. The zero-order chi connectivity index (χ0) is 16.3. The Morgan fingerprint density at radius 1 is 1.36 bits per heavy atom. The van der Waals surface area contributed by atoms with Crippen molar-refractivity contribution in [2.24, 2.45) is 0 Å². The first-order valence-corrected chi connectivity index (χ1v) is 7.42. The molecule has 2 rings (SSSR count). The molecule has 0 spiro atoms. The first-order chi connectivity index (χ1) is 10.4. The van der Waals surface area contributed by atoms with Gasteiger partial charge in [0.2, 0.25) is 0 Å².